The summed E-state index contributed by atoms with van der Waals surface area (Å²) in [5.74, 6) is -5.53. The van der Waals surface area contributed by atoms with Crippen molar-refractivity contribution >= 4 is 11.9 Å². The molecule has 1 atom stereocenters. The van der Waals surface area contributed by atoms with Gasteiger partial charge < -0.3 is 10.4 Å². The van der Waals surface area contributed by atoms with Gasteiger partial charge in [0.15, 0.2) is 11.6 Å². The van der Waals surface area contributed by atoms with Crippen molar-refractivity contribution in [3.05, 3.63) is 57.3 Å². The summed E-state index contributed by atoms with van der Waals surface area (Å²) in [6.45, 7) is 0.376. The quantitative estimate of drug-likeness (QED) is 0.451. The van der Waals surface area contributed by atoms with E-state index in [4.69, 9.17) is 5.11 Å². The lowest BCUT2D eigenvalue weighted by atomic mass is 9.94. The number of rotatable bonds is 7. The molecule has 0 bridgehead atoms. The molecule has 1 aromatic carbocycles. The third kappa shape index (κ3) is 5.46. The number of hydrogen-bond acceptors (Lipinski definition) is 4. The second-order valence-electron chi connectivity index (χ2n) is 4.70. The first-order valence-electron chi connectivity index (χ1n) is 6.49. The number of nitro groups is 1. The number of halogens is 2. The largest absolute Gasteiger partial charge is 0.477 e. The predicted octanol–water partition coefficient (Wildman–Crippen LogP) is 1.82. The summed E-state index contributed by atoms with van der Waals surface area (Å²) < 4.78 is 27.1. The van der Waals surface area contributed by atoms with Crippen molar-refractivity contribution in [2.45, 2.75) is 19.3 Å². The summed E-state index contributed by atoms with van der Waals surface area (Å²) in [4.78, 5) is 31.9. The second-order valence-corrected chi connectivity index (χ2v) is 4.70. The van der Waals surface area contributed by atoms with Crippen molar-refractivity contribution in [1.82, 2.24) is 5.32 Å². The molecule has 9 heteroatoms. The molecule has 0 unspecified atom stereocenters. The van der Waals surface area contributed by atoms with E-state index in [2.05, 4.69) is 5.32 Å². The Kier molecular flexibility index (Phi) is 6.31. The van der Waals surface area contributed by atoms with Crippen molar-refractivity contribution in [3.63, 3.8) is 0 Å². The molecule has 0 saturated heterocycles. The van der Waals surface area contributed by atoms with Gasteiger partial charge in [0.25, 0.3) is 0 Å². The number of nitrogens with one attached hydrogen (secondary N) is 1. The minimum Gasteiger partial charge on any atom is -0.477 e. The Balaban J connectivity index is 3.12. The summed E-state index contributed by atoms with van der Waals surface area (Å²) in [6, 6.07) is 3.27. The topological polar surface area (TPSA) is 110 Å². The monoisotopic (exact) mass is 328 g/mol. The van der Waals surface area contributed by atoms with E-state index < -0.39 is 46.6 Å². The number of hydrogen-bond donors (Lipinski definition) is 2. The fraction of sp³-hybridized carbons (Fsp3) is 0.286. The zero-order valence-corrected chi connectivity index (χ0v) is 12.1. The van der Waals surface area contributed by atoms with Crippen LogP contribution in [0.3, 0.4) is 0 Å². The van der Waals surface area contributed by atoms with E-state index in [1.54, 1.807) is 0 Å². The van der Waals surface area contributed by atoms with E-state index >= 15 is 0 Å². The zero-order chi connectivity index (χ0) is 17.6. The minimum atomic E-state index is -1.44. The molecular weight excluding hydrogens is 314 g/mol. The van der Waals surface area contributed by atoms with Crippen molar-refractivity contribution in [3.8, 4) is 0 Å². The van der Waals surface area contributed by atoms with Crippen LogP contribution >= 0.6 is 0 Å². The highest BCUT2D eigenvalue weighted by molar-refractivity contribution is 5.91. The minimum absolute atomic E-state index is 0.231. The van der Waals surface area contributed by atoms with Crippen LogP contribution in [0.25, 0.3) is 0 Å². The van der Waals surface area contributed by atoms with Crippen molar-refractivity contribution in [2.75, 3.05) is 6.54 Å². The van der Waals surface area contributed by atoms with Crippen LogP contribution in [0, 0.1) is 21.7 Å². The van der Waals surface area contributed by atoms with E-state index in [0.717, 1.165) is 19.1 Å². The Hall–Kier alpha value is -2.84. The van der Waals surface area contributed by atoms with Crippen LogP contribution in [0.2, 0.25) is 0 Å². The molecule has 0 aliphatic rings. The van der Waals surface area contributed by atoms with Crippen molar-refractivity contribution in [1.29, 1.82) is 0 Å². The standard InChI is InChI=1S/C14H14F2N2O5/c1-8(19)17-12(14(20)21)6-5-9(7-18(22)23)10-3-2-4-11(15)13(10)16/h2-4,6,9H,5,7H2,1H3,(H,17,19)(H,20,21)/t9-/m1/s1. The summed E-state index contributed by atoms with van der Waals surface area (Å²) in [6.07, 6.45) is 0.769. The molecule has 23 heavy (non-hydrogen) atoms. The van der Waals surface area contributed by atoms with Gasteiger partial charge in [0, 0.05) is 17.4 Å². The van der Waals surface area contributed by atoms with Gasteiger partial charge in [-0.05, 0) is 12.5 Å². The predicted molar refractivity (Wildman–Crippen MR) is 75.1 cm³/mol. The van der Waals surface area contributed by atoms with Crippen LogP contribution in [0.15, 0.2) is 30.0 Å². The lowest BCUT2D eigenvalue weighted by molar-refractivity contribution is -0.483. The molecule has 0 fully saturated rings. The highest BCUT2D eigenvalue weighted by atomic mass is 19.2. The zero-order valence-electron chi connectivity index (χ0n) is 12.1. The fourth-order valence-electron chi connectivity index (χ4n) is 1.96. The van der Waals surface area contributed by atoms with Crippen LogP contribution < -0.4 is 5.32 Å². The maximum Gasteiger partial charge on any atom is 0.352 e. The van der Waals surface area contributed by atoms with Crippen LogP contribution in [0.5, 0.6) is 0 Å². The normalized spacial score (nSPS) is 12.6. The summed E-state index contributed by atoms with van der Waals surface area (Å²) in [7, 11) is 0. The molecule has 124 valence electrons. The summed E-state index contributed by atoms with van der Waals surface area (Å²) in [5.41, 5.74) is -0.715. The molecule has 0 saturated carbocycles. The Morgan fingerprint density at radius 2 is 2.09 bits per heavy atom. The Morgan fingerprint density at radius 3 is 2.61 bits per heavy atom. The summed E-state index contributed by atoms with van der Waals surface area (Å²) in [5, 5.41) is 21.7. The van der Waals surface area contributed by atoms with E-state index in [-0.39, 0.29) is 12.0 Å². The van der Waals surface area contributed by atoms with E-state index in [1.807, 2.05) is 0 Å². The van der Waals surface area contributed by atoms with Gasteiger partial charge in [0.2, 0.25) is 12.5 Å². The highest BCUT2D eigenvalue weighted by Gasteiger charge is 2.23. The highest BCUT2D eigenvalue weighted by Crippen LogP contribution is 2.25. The van der Waals surface area contributed by atoms with Gasteiger partial charge in [-0.15, -0.1) is 0 Å². The number of carbonyl (C=O) groups is 2. The van der Waals surface area contributed by atoms with Crippen LogP contribution in [0.4, 0.5) is 8.78 Å². The van der Waals surface area contributed by atoms with Gasteiger partial charge in [0.1, 0.15) is 5.70 Å². The number of carboxylic acid groups (broad SMARTS) is 1. The van der Waals surface area contributed by atoms with Crippen molar-refractivity contribution < 1.29 is 28.4 Å². The third-order valence-electron chi connectivity index (χ3n) is 2.94. The first-order chi connectivity index (χ1) is 10.7. The van der Waals surface area contributed by atoms with Crippen LogP contribution in [0.1, 0.15) is 24.8 Å². The molecule has 0 aromatic heterocycles. The number of aliphatic carboxylic acids is 1. The number of nitrogens with zero attached hydrogens (tertiary/aromatic N) is 1. The average Bonchev–Trinajstić information content (AvgIpc) is 2.44. The van der Waals surface area contributed by atoms with E-state index in [1.165, 1.54) is 12.1 Å². The molecule has 0 aliphatic carbocycles. The molecule has 1 rings (SSSR count). The summed E-state index contributed by atoms with van der Waals surface area (Å²) >= 11 is 0. The maximum absolute atomic E-state index is 13.8. The molecule has 1 aromatic rings. The van der Waals surface area contributed by atoms with Gasteiger partial charge in [-0.3, -0.25) is 14.9 Å². The SMILES string of the molecule is CC(=O)NC(=CC[C@H](C[N+](=O)[O-])c1cccc(F)c1F)C(=O)O. The van der Waals surface area contributed by atoms with E-state index in [0.29, 0.717) is 0 Å². The number of carboxylic acids is 1. The lowest BCUT2D eigenvalue weighted by Gasteiger charge is -2.13. The number of carbonyl (C=O) groups excluding carboxylic acids is 1. The van der Waals surface area contributed by atoms with Crippen molar-refractivity contribution in [2.24, 2.45) is 0 Å². The smallest absolute Gasteiger partial charge is 0.352 e. The van der Waals surface area contributed by atoms with Gasteiger partial charge in [0.05, 0.1) is 5.92 Å². The Morgan fingerprint density at radius 1 is 1.43 bits per heavy atom. The number of amides is 1. The van der Waals surface area contributed by atoms with Crippen LogP contribution in [-0.2, 0) is 9.59 Å². The molecule has 0 spiro atoms. The van der Waals surface area contributed by atoms with Gasteiger partial charge in [-0.25, -0.2) is 13.6 Å². The number of allylic oxidation sites excluding steroid dienone is 1. The second kappa shape index (κ2) is 7.97. The molecule has 1 amide bonds. The number of benzene rings is 1. The fourth-order valence-corrected chi connectivity index (χ4v) is 1.96. The maximum atomic E-state index is 13.8. The molecule has 2 N–H and O–H groups in total. The first kappa shape index (κ1) is 18.2. The van der Waals surface area contributed by atoms with Crippen LogP contribution in [-0.4, -0.2) is 28.5 Å². The van der Waals surface area contributed by atoms with Gasteiger partial charge in [-0.2, -0.15) is 0 Å². The Labute approximate surface area is 129 Å². The third-order valence-corrected chi connectivity index (χ3v) is 2.94. The molecular formula is C14H14F2N2O5. The average molecular weight is 328 g/mol. The lowest BCUT2D eigenvalue weighted by Crippen LogP contribution is -2.25. The first-order valence-corrected chi connectivity index (χ1v) is 6.49. The van der Waals surface area contributed by atoms with E-state index in [9.17, 15) is 28.5 Å². The molecule has 0 aliphatic heterocycles. The molecule has 0 radical (unpaired) electrons. The van der Waals surface area contributed by atoms with Gasteiger partial charge >= 0.3 is 5.97 Å². The molecule has 0 heterocycles. The van der Waals surface area contributed by atoms with Gasteiger partial charge in [-0.1, -0.05) is 18.2 Å². The molecule has 7 nitrogen and oxygen atoms in total. The Bertz CT molecular complexity index is 661.